The largest absolute Gasteiger partial charge is 0.497 e. The third-order valence-electron chi connectivity index (χ3n) is 5.75. The third kappa shape index (κ3) is 5.20. The van der Waals surface area contributed by atoms with Gasteiger partial charge in [-0.25, -0.2) is 4.98 Å². The van der Waals surface area contributed by atoms with Gasteiger partial charge in [0, 0.05) is 41.5 Å². The van der Waals surface area contributed by atoms with Crippen molar-refractivity contribution >= 4 is 28.1 Å². The van der Waals surface area contributed by atoms with Crippen molar-refractivity contribution in [3.05, 3.63) is 66.7 Å². The minimum atomic E-state index is -0.285. The zero-order chi connectivity index (χ0) is 24.3. The van der Waals surface area contributed by atoms with Crippen LogP contribution in [0.25, 0.3) is 33.3 Å². The van der Waals surface area contributed by atoms with Crippen LogP contribution in [0.5, 0.6) is 5.75 Å². The molecule has 0 aliphatic rings. The van der Waals surface area contributed by atoms with Crippen LogP contribution in [0.15, 0.2) is 60.9 Å². The van der Waals surface area contributed by atoms with E-state index < -0.39 is 0 Å². The molecular weight excluding hydrogens is 442 g/mol. The topological polar surface area (TPSA) is 74.9 Å². The standard InChI is InChI=1S/C27H31N5OS/c1-17(2)30-26(34)29-16-27(3,4)25-31-23(18-10-12-28-13-11-18)24(32-25)21-7-6-20-15-22(33-5)9-8-19(20)14-21/h6-15,17H,16H2,1-5H3,(H,31,32)(H2,29,30,34). The van der Waals surface area contributed by atoms with Gasteiger partial charge in [-0.15, -0.1) is 0 Å². The van der Waals surface area contributed by atoms with Crippen molar-refractivity contribution in [2.75, 3.05) is 13.7 Å². The molecule has 2 aromatic heterocycles. The van der Waals surface area contributed by atoms with Crippen LogP contribution in [0.4, 0.5) is 0 Å². The molecule has 0 saturated heterocycles. The number of hydrogen-bond acceptors (Lipinski definition) is 4. The van der Waals surface area contributed by atoms with Gasteiger partial charge in [-0.05, 0) is 67.2 Å². The Balaban J connectivity index is 1.73. The molecule has 0 spiro atoms. The molecule has 2 heterocycles. The van der Waals surface area contributed by atoms with Crippen molar-refractivity contribution in [2.45, 2.75) is 39.2 Å². The second-order valence-corrected chi connectivity index (χ2v) is 9.75. The van der Waals surface area contributed by atoms with Gasteiger partial charge in [-0.2, -0.15) is 0 Å². The maximum atomic E-state index is 5.43. The van der Waals surface area contributed by atoms with Crippen molar-refractivity contribution in [1.29, 1.82) is 0 Å². The van der Waals surface area contributed by atoms with E-state index in [1.54, 1.807) is 19.5 Å². The van der Waals surface area contributed by atoms with Gasteiger partial charge >= 0.3 is 0 Å². The number of pyridine rings is 1. The highest BCUT2D eigenvalue weighted by molar-refractivity contribution is 7.80. The SMILES string of the molecule is COc1ccc2cc(-c3nc(C(C)(C)CNC(=S)NC(C)C)[nH]c3-c3ccncc3)ccc2c1. The summed E-state index contributed by atoms with van der Waals surface area (Å²) < 4.78 is 5.37. The van der Waals surface area contributed by atoms with Gasteiger partial charge < -0.3 is 20.4 Å². The van der Waals surface area contributed by atoms with Crippen LogP contribution >= 0.6 is 12.2 Å². The molecule has 4 aromatic rings. The predicted octanol–water partition coefficient (Wildman–Crippen LogP) is 5.45. The Labute approximate surface area is 206 Å². The molecule has 2 aromatic carbocycles. The summed E-state index contributed by atoms with van der Waals surface area (Å²) in [5, 5.41) is 9.47. The van der Waals surface area contributed by atoms with Crippen LogP contribution in [-0.4, -0.2) is 39.8 Å². The molecule has 34 heavy (non-hydrogen) atoms. The van der Waals surface area contributed by atoms with Gasteiger partial charge in [-0.3, -0.25) is 4.98 Å². The summed E-state index contributed by atoms with van der Waals surface area (Å²) in [6, 6.07) is 16.8. The molecule has 0 aliphatic heterocycles. The van der Waals surface area contributed by atoms with Gasteiger partial charge in [0.25, 0.3) is 0 Å². The van der Waals surface area contributed by atoms with E-state index in [0.717, 1.165) is 44.9 Å². The van der Waals surface area contributed by atoms with Crippen LogP contribution in [0.3, 0.4) is 0 Å². The monoisotopic (exact) mass is 473 g/mol. The number of aromatic nitrogens is 3. The van der Waals surface area contributed by atoms with Crippen LogP contribution in [0.2, 0.25) is 0 Å². The number of hydrogen-bond donors (Lipinski definition) is 3. The third-order valence-corrected chi connectivity index (χ3v) is 6.01. The van der Waals surface area contributed by atoms with E-state index in [1.165, 1.54) is 0 Å². The van der Waals surface area contributed by atoms with Crippen molar-refractivity contribution < 1.29 is 4.74 Å². The lowest BCUT2D eigenvalue weighted by Gasteiger charge is -2.24. The average Bonchev–Trinajstić information content (AvgIpc) is 3.29. The van der Waals surface area contributed by atoms with Crippen LogP contribution in [0, 0.1) is 0 Å². The summed E-state index contributed by atoms with van der Waals surface area (Å²) >= 11 is 5.43. The number of ether oxygens (including phenoxy) is 1. The van der Waals surface area contributed by atoms with E-state index in [2.05, 4.69) is 72.6 Å². The minimum Gasteiger partial charge on any atom is -0.497 e. The lowest BCUT2D eigenvalue weighted by molar-refractivity contribution is 0.415. The smallest absolute Gasteiger partial charge is 0.166 e. The molecule has 176 valence electrons. The average molecular weight is 474 g/mol. The summed E-state index contributed by atoms with van der Waals surface area (Å²) in [5.74, 6) is 1.74. The van der Waals surface area contributed by atoms with Crippen LogP contribution in [-0.2, 0) is 5.41 Å². The number of imidazole rings is 1. The molecule has 0 amide bonds. The minimum absolute atomic E-state index is 0.282. The van der Waals surface area contributed by atoms with E-state index in [9.17, 15) is 0 Å². The number of aromatic amines is 1. The number of nitrogens with one attached hydrogen (secondary N) is 3. The molecule has 4 rings (SSSR count). The van der Waals surface area contributed by atoms with Crippen molar-refractivity contribution in [2.24, 2.45) is 0 Å². The Morgan fingerprint density at radius 1 is 1.03 bits per heavy atom. The molecule has 3 N–H and O–H groups in total. The van der Waals surface area contributed by atoms with E-state index in [-0.39, 0.29) is 11.5 Å². The highest BCUT2D eigenvalue weighted by Gasteiger charge is 2.27. The maximum Gasteiger partial charge on any atom is 0.166 e. The number of rotatable bonds is 7. The van der Waals surface area contributed by atoms with Gasteiger partial charge in [0.05, 0.1) is 18.5 Å². The number of fused-ring (bicyclic) bond motifs is 1. The highest BCUT2D eigenvalue weighted by atomic mass is 32.1. The molecule has 0 aliphatic carbocycles. The quantitative estimate of drug-likeness (QED) is 0.310. The van der Waals surface area contributed by atoms with Crippen LogP contribution < -0.4 is 15.4 Å². The Bertz CT molecular complexity index is 1300. The van der Waals surface area contributed by atoms with Gasteiger partial charge in [0.1, 0.15) is 11.6 Å². The Morgan fingerprint density at radius 3 is 2.44 bits per heavy atom. The number of benzene rings is 2. The first-order valence-corrected chi connectivity index (χ1v) is 11.8. The molecular formula is C27H31N5OS. The molecule has 7 heteroatoms. The first-order chi connectivity index (χ1) is 16.3. The van der Waals surface area contributed by atoms with E-state index in [4.69, 9.17) is 21.9 Å². The maximum absolute atomic E-state index is 5.43. The van der Waals surface area contributed by atoms with E-state index >= 15 is 0 Å². The van der Waals surface area contributed by atoms with Crippen molar-refractivity contribution in [3.8, 4) is 28.3 Å². The summed E-state index contributed by atoms with van der Waals surface area (Å²) in [5.41, 5.74) is 3.69. The summed E-state index contributed by atoms with van der Waals surface area (Å²) in [7, 11) is 1.68. The van der Waals surface area contributed by atoms with Gasteiger partial charge in [-0.1, -0.05) is 32.0 Å². The first-order valence-electron chi connectivity index (χ1n) is 11.4. The molecule has 0 radical (unpaired) electrons. The predicted molar refractivity (Wildman–Crippen MR) is 143 cm³/mol. The number of thiocarbonyl (C=S) groups is 1. The molecule has 0 atom stereocenters. The molecule has 6 nitrogen and oxygen atoms in total. The van der Waals surface area contributed by atoms with Crippen LogP contribution in [0.1, 0.15) is 33.5 Å². The fourth-order valence-corrected chi connectivity index (χ4v) is 4.13. The fourth-order valence-electron chi connectivity index (χ4n) is 3.83. The fraction of sp³-hybridized carbons (Fsp3) is 0.296. The molecule has 0 saturated carbocycles. The Hall–Kier alpha value is -3.45. The lowest BCUT2D eigenvalue weighted by Crippen LogP contribution is -2.44. The Kier molecular flexibility index (Phi) is 6.84. The number of nitrogens with zero attached hydrogens (tertiary/aromatic N) is 2. The van der Waals surface area contributed by atoms with Gasteiger partial charge in [0.15, 0.2) is 5.11 Å². The van der Waals surface area contributed by atoms with Gasteiger partial charge in [0.2, 0.25) is 0 Å². The Morgan fingerprint density at radius 2 is 1.74 bits per heavy atom. The second kappa shape index (κ2) is 9.81. The lowest BCUT2D eigenvalue weighted by atomic mass is 9.92. The van der Waals surface area contributed by atoms with Crippen molar-refractivity contribution in [3.63, 3.8) is 0 Å². The summed E-state index contributed by atoms with van der Waals surface area (Å²) in [4.78, 5) is 12.9. The van der Waals surface area contributed by atoms with E-state index in [1.807, 2.05) is 24.3 Å². The van der Waals surface area contributed by atoms with Crippen molar-refractivity contribution in [1.82, 2.24) is 25.6 Å². The molecule has 0 bridgehead atoms. The zero-order valence-electron chi connectivity index (χ0n) is 20.3. The van der Waals surface area contributed by atoms with E-state index in [0.29, 0.717) is 11.7 Å². The molecule has 0 unspecified atom stereocenters. The molecule has 0 fully saturated rings. The highest BCUT2D eigenvalue weighted by Crippen LogP contribution is 2.35. The first kappa shape index (κ1) is 23.7. The number of methoxy groups -OCH3 is 1. The summed E-state index contributed by atoms with van der Waals surface area (Å²) in [6.45, 7) is 9.09. The number of H-pyrrole nitrogens is 1. The summed E-state index contributed by atoms with van der Waals surface area (Å²) in [6.07, 6.45) is 3.60. The second-order valence-electron chi connectivity index (χ2n) is 9.34. The zero-order valence-corrected chi connectivity index (χ0v) is 21.1. The normalized spacial score (nSPS) is 11.6.